The molecular weight excluding hydrogens is 707 g/mol. The molecule has 11 heteroatoms. The van der Waals surface area contributed by atoms with Gasteiger partial charge in [0, 0.05) is 61.0 Å². The average Bonchev–Trinajstić information content (AvgIpc) is 3.22. The number of anilines is 2. The van der Waals surface area contributed by atoms with Crippen LogP contribution in [0.5, 0.6) is 5.75 Å². The molecule has 1 saturated heterocycles. The molecule has 7 rings (SSSR count). The van der Waals surface area contributed by atoms with Crippen LogP contribution in [0.3, 0.4) is 0 Å². The highest BCUT2D eigenvalue weighted by atomic mass is 16.6. The second-order valence-electron chi connectivity index (χ2n) is 14.0. The number of pyridine rings is 1. The molecule has 1 fully saturated rings. The number of H-pyrrole nitrogens is 1. The Hall–Kier alpha value is -6.27. The van der Waals surface area contributed by atoms with E-state index >= 15 is 0 Å². The first-order chi connectivity index (χ1) is 27.3. The van der Waals surface area contributed by atoms with Crippen molar-refractivity contribution >= 4 is 34.3 Å². The zero-order chi connectivity index (χ0) is 38.9. The van der Waals surface area contributed by atoms with Crippen molar-refractivity contribution in [1.29, 1.82) is 0 Å². The van der Waals surface area contributed by atoms with E-state index in [1.54, 1.807) is 24.3 Å². The predicted molar refractivity (Wildman–Crippen MR) is 219 cm³/mol. The first-order valence-electron chi connectivity index (χ1n) is 18.9. The maximum atomic E-state index is 13.0. The lowest BCUT2D eigenvalue weighted by molar-refractivity contribution is 0.0593. The van der Waals surface area contributed by atoms with Gasteiger partial charge in [-0.05, 0) is 84.0 Å². The third-order valence-electron chi connectivity index (χ3n) is 10.1. The van der Waals surface area contributed by atoms with Crippen molar-refractivity contribution < 1.29 is 24.5 Å². The fraction of sp³-hybridized carbons (Fsp3) is 0.222. The lowest BCUT2D eigenvalue weighted by Crippen LogP contribution is -2.39. The zero-order valence-electron chi connectivity index (χ0n) is 30.9. The van der Waals surface area contributed by atoms with Gasteiger partial charge < -0.3 is 35.5 Å². The van der Waals surface area contributed by atoms with Crippen LogP contribution in [0.4, 0.5) is 16.2 Å². The number of phenols is 1. The number of carbonyl (C=O) groups is 2. The SMILES string of the molecule is O=C(Nc1ccccc1-c1ccccc1)OC1CCN(CCc2ccc(NC(=O)c3ccc(CNC[C@@H](O)c4ccc(O)c5[nH]c(=O)ccc45)cc3)cc2)CC1. The third kappa shape index (κ3) is 9.69. The quantitative estimate of drug-likeness (QED) is 0.0722. The molecule has 0 bridgehead atoms. The van der Waals surface area contributed by atoms with E-state index in [0.717, 1.165) is 61.3 Å². The second kappa shape index (κ2) is 17.9. The molecular formula is C45H45N5O6. The monoisotopic (exact) mass is 751 g/mol. The summed E-state index contributed by atoms with van der Waals surface area (Å²) in [5, 5.41) is 30.6. The normalized spacial score (nSPS) is 13.9. The van der Waals surface area contributed by atoms with E-state index in [4.69, 9.17) is 4.74 Å². The Labute approximate surface area is 325 Å². The molecule has 0 radical (unpaired) electrons. The Morgan fingerprint density at radius 3 is 2.29 bits per heavy atom. The highest BCUT2D eigenvalue weighted by molar-refractivity contribution is 6.04. The number of carbonyl (C=O) groups excluding carboxylic acids is 2. The van der Waals surface area contributed by atoms with Crippen LogP contribution >= 0.6 is 0 Å². The molecule has 2 amide bonds. The average molecular weight is 752 g/mol. The standard InChI is InChI=1S/C45H45N5O6/c51-40-20-18-37(38-19-21-42(53)49-43(38)40)41(52)29-46-28-31-10-14-33(15-11-31)44(54)47-34-16-12-30(13-17-34)22-25-50-26-23-35(24-27-50)56-45(55)48-39-9-5-4-8-36(39)32-6-2-1-3-7-32/h1-21,35,41,46,51-52H,22-29H2,(H,47,54)(H,48,55)(H,49,53)/t41-/m1/s1. The van der Waals surface area contributed by atoms with E-state index in [1.165, 1.54) is 17.7 Å². The highest BCUT2D eigenvalue weighted by Crippen LogP contribution is 2.29. The van der Waals surface area contributed by atoms with E-state index in [1.807, 2.05) is 91.0 Å². The zero-order valence-corrected chi connectivity index (χ0v) is 30.9. The number of hydrogen-bond donors (Lipinski definition) is 6. The highest BCUT2D eigenvalue weighted by Gasteiger charge is 2.23. The van der Waals surface area contributed by atoms with Crippen LogP contribution in [0.25, 0.3) is 22.0 Å². The van der Waals surface area contributed by atoms with Gasteiger partial charge in [-0.2, -0.15) is 0 Å². The molecule has 1 atom stereocenters. The van der Waals surface area contributed by atoms with Gasteiger partial charge in [0.1, 0.15) is 11.9 Å². The summed E-state index contributed by atoms with van der Waals surface area (Å²) in [6.07, 6.45) is 1.01. The smallest absolute Gasteiger partial charge is 0.411 e. The number of rotatable bonds is 13. The number of aromatic nitrogens is 1. The molecule has 6 N–H and O–H groups in total. The minimum absolute atomic E-state index is 0.0550. The number of aromatic amines is 1. The largest absolute Gasteiger partial charge is 0.506 e. The predicted octanol–water partition coefficient (Wildman–Crippen LogP) is 7.23. The Kier molecular flexibility index (Phi) is 12.2. The number of aromatic hydroxyl groups is 1. The van der Waals surface area contributed by atoms with E-state index in [0.29, 0.717) is 34.3 Å². The maximum absolute atomic E-state index is 13.0. The van der Waals surface area contributed by atoms with Gasteiger partial charge in [0.2, 0.25) is 5.56 Å². The van der Waals surface area contributed by atoms with Crippen molar-refractivity contribution in [3.8, 4) is 16.9 Å². The molecule has 0 aliphatic carbocycles. The lowest BCUT2D eigenvalue weighted by Gasteiger charge is -2.31. The number of fused-ring (bicyclic) bond motifs is 1. The number of para-hydroxylation sites is 1. The summed E-state index contributed by atoms with van der Waals surface area (Å²) in [5.41, 5.74) is 6.63. The summed E-state index contributed by atoms with van der Waals surface area (Å²) < 4.78 is 5.80. The minimum Gasteiger partial charge on any atom is -0.506 e. The molecule has 0 saturated carbocycles. The summed E-state index contributed by atoms with van der Waals surface area (Å²) >= 11 is 0. The summed E-state index contributed by atoms with van der Waals surface area (Å²) in [5.74, 6) is -0.260. The van der Waals surface area contributed by atoms with Gasteiger partial charge in [0.05, 0.1) is 17.3 Å². The third-order valence-corrected chi connectivity index (χ3v) is 10.1. The molecule has 56 heavy (non-hydrogen) atoms. The summed E-state index contributed by atoms with van der Waals surface area (Å²) in [7, 11) is 0. The first-order valence-corrected chi connectivity index (χ1v) is 18.9. The van der Waals surface area contributed by atoms with Gasteiger partial charge in [-0.1, -0.05) is 78.9 Å². The van der Waals surface area contributed by atoms with Crippen molar-refractivity contribution in [3.63, 3.8) is 0 Å². The van der Waals surface area contributed by atoms with Crippen LogP contribution in [0.15, 0.2) is 132 Å². The molecule has 11 nitrogen and oxygen atoms in total. The number of ether oxygens (including phenoxy) is 1. The Morgan fingerprint density at radius 1 is 0.804 bits per heavy atom. The number of benzene rings is 5. The molecule has 286 valence electrons. The number of nitrogens with zero attached hydrogens (tertiary/aromatic N) is 1. The van der Waals surface area contributed by atoms with Crippen LogP contribution in [0, 0.1) is 0 Å². The van der Waals surface area contributed by atoms with Crippen molar-refractivity contribution in [3.05, 3.63) is 160 Å². The molecule has 6 aromatic rings. The van der Waals surface area contributed by atoms with Crippen LogP contribution in [0.1, 0.15) is 46.0 Å². The van der Waals surface area contributed by atoms with Crippen LogP contribution < -0.4 is 21.5 Å². The van der Waals surface area contributed by atoms with E-state index in [2.05, 4.69) is 25.8 Å². The second-order valence-corrected chi connectivity index (χ2v) is 14.0. The van der Waals surface area contributed by atoms with E-state index in [-0.39, 0.29) is 29.9 Å². The molecule has 0 spiro atoms. The number of likely N-dealkylation sites (tertiary alicyclic amines) is 1. The van der Waals surface area contributed by atoms with Gasteiger partial charge in [-0.15, -0.1) is 0 Å². The van der Waals surface area contributed by atoms with Gasteiger partial charge >= 0.3 is 6.09 Å². The number of nitrogens with one attached hydrogen (secondary N) is 4. The number of piperidine rings is 1. The lowest BCUT2D eigenvalue weighted by atomic mass is 10.0. The molecule has 0 unspecified atom stereocenters. The van der Waals surface area contributed by atoms with E-state index < -0.39 is 12.2 Å². The minimum atomic E-state index is -0.866. The topological polar surface area (TPSA) is 156 Å². The number of amides is 2. The van der Waals surface area contributed by atoms with Gasteiger partial charge in [-0.3, -0.25) is 14.9 Å². The van der Waals surface area contributed by atoms with Crippen molar-refractivity contribution in [2.45, 2.75) is 38.0 Å². The fourth-order valence-electron chi connectivity index (χ4n) is 7.03. The summed E-state index contributed by atoms with van der Waals surface area (Å²) in [6.45, 7) is 3.32. The molecule has 1 aromatic heterocycles. The van der Waals surface area contributed by atoms with Crippen LogP contribution in [-0.2, 0) is 17.7 Å². The number of aliphatic hydroxyl groups excluding tert-OH is 1. The Bertz CT molecular complexity index is 2320. The summed E-state index contributed by atoms with van der Waals surface area (Å²) in [6, 6.07) is 38.9. The number of hydrogen-bond acceptors (Lipinski definition) is 8. The van der Waals surface area contributed by atoms with E-state index in [9.17, 15) is 24.6 Å². The number of phenolic OH excluding ortho intramolecular Hbond substituents is 1. The molecule has 1 aliphatic heterocycles. The van der Waals surface area contributed by atoms with Crippen molar-refractivity contribution in [2.24, 2.45) is 0 Å². The van der Waals surface area contributed by atoms with Crippen LogP contribution in [0.2, 0.25) is 0 Å². The fourth-order valence-corrected chi connectivity index (χ4v) is 7.03. The Balaban J connectivity index is 0.810. The van der Waals surface area contributed by atoms with Crippen LogP contribution in [-0.4, -0.2) is 64.4 Å². The van der Waals surface area contributed by atoms with Crippen molar-refractivity contribution in [1.82, 2.24) is 15.2 Å². The van der Waals surface area contributed by atoms with Gasteiger partial charge in [0.25, 0.3) is 5.91 Å². The van der Waals surface area contributed by atoms with Gasteiger partial charge in [-0.25, -0.2) is 4.79 Å². The maximum Gasteiger partial charge on any atom is 0.411 e. The van der Waals surface area contributed by atoms with Crippen molar-refractivity contribution in [2.75, 3.05) is 36.8 Å². The Morgan fingerprint density at radius 2 is 1.52 bits per heavy atom. The molecule has 1 aliphatic rings. The number of aliphatic hydroxyl groups is 1. The molecule has 5 aromatic carbocycles. The van der Waals surface area contributed by atoms with Gasteiger partial charge in [0.15, 0.2) is 0 Å². The molecule has 2 heterocycles. The summed E-state index contributed by atoms with van der Waals surface area (Å²) in [4.78, 5) is 42.5. The first kappa shape index (κ1) is 38.0.